The molecule has 0 aliphatic carbocycles. The number of nitrogens with zero attached hydrogens (tertiary/aromatic N) is 2. The largest absolute Gasteiger partial charge is 0.497 e. The Labute approximate surface area is 129 Å². The summed E-state index contributed by atoms with van der Waals surface area (Å²) in [5.41, 5.74) is 2.42. The summed E-state index contributed by atoms with van der Waals surface area (Å²) in [4.78, 5) is 12.0. The van der Waals surface area contributed by atoms with Crippen molar-refractivity contribution in [2.24, 2.45) is 7.05 Å². The summed E-state index contributed by atoms with van der Waals surface area (Å²) in [5.74, 6) is 0.812. The van der Waals surface area contributed by atoms with Crippen molar-refractivity contribution in [2.45, 2.75) is 4.83 Å². The summed E-state index contributed by atoms with van der Waals surface area (Å²) in [6.45, 7) is 0. The molecular formula is C15H14BrN3O2. The third-order valence-electron chi connectivity index (χ3n) is 3.49. The van der Waals surface area contributed by atoms with Crippen LogP contribution in [-0.2, 0) is 7.05 Å². The van der Waals surface area contributed by atoms with Gasteiger partial charge in [0.25, 0.3) is 5.56 Å². The molecule has 0 amide bonds. The number of hydrogen-bond acceptors (Lipinski definition) is 3. The normalized spacial score (nSPS) is 12.5. The lowest BCUT2D eigenvalue weighted by Crippen LogP contribution is -2.17. The van der Waals surface area contributed by atoms with E-state index in [1.165, 1.54) is 0 Å². The number of aromatic amines is 1. The quantitative estimate of drug-likeness (QED) is 0.741. The average Bonchev–Trinajstić information content (AvgIpc) is 3.00. The summed E-state index contributed by atoms with van der Waals surface area (Å²) < 4.78 is 6.72. The van der Waals surface area contributed by atoms with E-state index in [1.807, 2.05) is 30.5 Å². The Morgan fingerprint density at radius 1 is 1.33 bits per heavy atom. The molecule has 2 heterocycles. The molecule has 0 bridgehead atoms. The van der Waals surface area contributed by atoms with E-state index in [4.69, 9.17) is 4.74 Å². The highest BCUT2D eigenvalue weighted by atomic mass is 79.9. The van der Waals surface area contributed by atoms with Crippen LogP contribution in [0.25, 0.3) is 10.9 Å². The number of hydrogen-bond donors (Lipinski definition) is 1. The standard InChI is InChI=1S/C15H14BrN3O2/c1-19-8-12(11-7-17-18-14(11)15(19)20)13(16)9-3-5-10(21-2)6-4-9/h3-8,13H,1-2H3,(H,17,18). The number of nitrogens with one attached hydrogen (secondary N) is 1. The van der Waals surface area contributed by atoms with Crippen LogP contribution in [0.5, 0.6) is 5.75 Å². The van der Waals surface area contributed by atoms with E-state index >= 15 is 0 Å². The Morgan fingerprint density at radius 2 is 2.05 bits per heavy atom. The zero-order valence-corrected chi connectivity index (χ0v) is 13.2. The maximum Gasteiger partial charge on any atom is 0.278 e. The van der Waals surface area contributed by atoms with Crippen molar-refractivity contribution in [3.05, 3.63) is 58.1 Å². The summed E-state index contributed by atoms with van der Waals surface area (Å²) in [7, 11) is 3.37. The SMILES string of the molecule is COc1ccc(C(Br)c2cn(C)c(=O)c3n[nH]cc23)cc1. The van der Waals surface area contributed by atoms with Crippen LogP contribution < -0.4 is 10.3 Å². The first-order valence-electron chi connectivity index (χ1n) is 6.43. The van der Waals surface area contributed by atoms with Crippen molar-refractivity contribution in [1.29, 1.82) is 0 Å². The molecule has 6 heteroatoms. The van der Waals surface area contributed by atoms with Crippen LogP contribution in [-0.4, -0.2) is 21.9 Å². The molecule has 5 nitrogen and oxygen atoms in total. The van der Waals surface area contributed by atoms with Crippen molar-refractivity contribution in [3.8, 4) is 5.75 Å². The third-order valence-corrected chi connectivity index (χ3v) is 4.51. The molecule has 0 saturated heterocycles. The van der Waals surface area contributed by atoms with E-state index in [-0.39, 0.29) is 10.4 Å². The lowest BCUT2D eigenvalue weighted by molar-refractivity contribution is 0.414. The highest BCUT2D eigenvalue weighted by Gasteiger charge is 2.17. The Morgan fingerprint density at radius 3 is 2.71 bits per heavy atom. The number of aryl methyl sites for hydroxylation is 1. The third kappa shape index (κ3) is 2.35. The van der Waals surface area contributed by atoms with Crippen LogP contribution in [0.1, 0.15) is 16.0 Å². The molecule has 1 atom stereocenters. The lowest BCUT2D eigenvalue weighted by Gasteiger charge is -2.13. The molecule has 0 aliphatic rings. The van der Waals surface area contributed by atoms with Gasteiger partial charge in [-0.2, -0.15) is 5.10 Å². The fourth-order valence-corrected chi connectivity index (χ4v) is 3.00. The molecule has 0 fully saturated rings. The first-order valence-corrected chi connectivity index (χ1v) is 7.34. The number of rotatable bonds is 3. The number of fused-ring (bicyclic) bond motifs is 1. The van der Waals surface area contributed by atoms with E-state index in [9.17, 15) is 4.79 Å². The Hall–Kier alpha value is -2.08. The molecule has 3 aromatic rings. The van der Waals surface area contributed by atoms with E-state index in [1.54, 1.807) is 24.9 Å². The number of methoxy groups -OCH3 is 1. The maximum absolute atomic E-state index is 12.0. The van der Waals surface area contributed by atoms with Gasteiger partial charge in [0.05, 0.1) is 11.9 Å². The van der Waals surface area contributed by atoms with Crippen LogP contribution in [0.2, 0.25) is 0 Å². The van der Waals surface area contributed by atoms with Crippen LogP contribution in [0.4, 0.5) is 0 Å². The molecule has 3 rings (SSSR count). The molecule has 2 aromatic heterocycles. The minimum atomic E-state index is -0.107. The topological polar surface area (TPSA) is 59.9 Å². The monoisotopic (exact) mass is 347 g/mol. The predicted octanol–water partition coefficient (Wildman–Crippen LogP) is 2.75. The van der Waals surface area contributed by atoms with Gasteiger partial charge in [-0.25, -0.2) is 0 Å². The highest BCUT2D eigenvalue weighted by Crippen LogP contribution is 2.34. The van der Waals surface area contributed by atoms with Crippen molar-refractivity contribution in [3.63, 3.8) is 0 Å². The van der Waals surface area contributed by atoms with Gasteiger partial charge in [0, 0.05) is 24.8 Å². The van der Waals surface area contributed by atoms with Crippen molar-refractivity contribution < 1.29 is 4.74 Å². The van der Waals surface area contributed by atoms with Gasteiger partial charge in [-0.3, -0.25) is 9.89 Å². The van der Waals surface area contributed by atoms with Gasteiger partial charge in [-0.05, 0) is 23.3 Å². The summed E-state index contributed by atoms with van der Waals surface area (Å²) in [6.07, 6.45) is 3.59. The second kappa shape index (κ2) is 5.37. The van der Waals surface area contributed by atoms with Crippen molar-refractivity contribution in [1.82, 2.24) is 14.8 Å². The van der Waals surface area contributed by atoms with Crippen LogP contribution in [0.15, 0.2) is 41.5 Å². The number of H-pyrrole nitrogens is 1. The number of pyridine rings is 1. The van der Waals surface area contributed by atoms with Gasteiger partial charge in [0.2, 0.25) is 0 Å². The predicted molar refractivity (Wildman–Crippen MR) is 85.1 cm³/mol. The molecule has 0 saturated carbocycles. The van der Waals surface area contributed by atoms with Gasteiger partial charge in [0.1, 0.15) is 5.75 Å². The zero-order valence-electron chi connectivity index (χ0n) is 11.6. The summed E-state index contributed by atoms with van der Waals surface area (Å²) in [5, 5.41) is 7.64. The number of benzene rings is 1. The number of alkyl halides is 1. The summed E-state index contributed by atoms with van der Waals surface area (Å²) in [6, 6.07) is 7.82. The zero-order chi connectivity index (χ0) is 15.0. The maximum atomic E-state index is 12.0. The van der Waals surface area contributed by atoms with Gasteiger partial charge in [-0.1, -0.05) is 28.1 Å². The number of halogens is 1. The lowest BCUT2D eigenvalue weighted by atomic mass is 10.0. The smallest absolute Gasteiger partial charge is 0.278 e. The Bertz CT molecular complexity index is 836. The Balaban J connectivity index is 2.12. The van der Waals surface area contributed by atoms with E-state index in [2.05, 4.69) is 26.1 Å². The second-order valence-electron chi connectivity index (χ2n) is 4.78. The van der Waals surface area contributed by atoms with Gasteiger partial charge in [-0.15, -0.1) is 0 Å². The molecule has 21 heavy (non-hydrogen) atoms. The minimum Gasteiger partial charge on any atom is -0.497 e. The fraction of sp³-hybridized carbons (Fsp3) is 0.200. The van der Waals surface area contributed by atoms with E-state index in [0.717, 1.165) is 22.3 Å². The first-order chi connectivity index (χ1) is 10.1. The second-order valence-corrected chi connectivity index (χ2v) is 5.70. The van der Waals surface area contributed by atoms with E-state index < -0.39 is 0 Å². The van der Waals surface area contributed by atoms with Crippen LogP contribution >= 0.6 is 15.9 Å². The average molecular weight is 348 g/mol. The Kier molecular flexibility index (Phi) is 3.55. The molecule has 0 spiro atoms. The fourth-order valence-electron chi connectivity index (χ4n) is 2.33. The molecular weight excluding hydrogens is 334 g/mol. The van der Waals surface area contributed by atoms with E-state index in [0.29, 0.717) is 5.52 Å². The van der Waals surface area contributed by atoms with Gasteiger partial charge < -0.3 is 9.30 Å². The van der Waals surface area contributed by atoms with Crippen LogP contribution in [0.3, 0.4) is 0 Å². The van der Waals surface area contributed by atoms with Crippen molar-refractivity contribution >= 4 is 26.8 Å². The molecule has 0 radical (unpaired) electrons. The van der Waals surface area contributed by atoms with Gasteiger partial charge in [0.15, 0.2) is 5.52 Å². The van der Waals surface area contributed by atoms with Gasteiger partial charge >= 0.3 is 0 Å². The first kappa shape index (κ1) is 13.9. The number of aromatic nitrogens is 3. The molecule has 108 valence electrons. The molecule has 0 aliphatic heterocycles. The highest BCUT2D eigenvalue weighted by molar-refractivity contribution is 9.09. The molecule has 1 N–H and O–H groups in total. The number of ether oxygens (including phenoxy) is 1. The molecule has 1 aromatic carbocycles. The molecule has 1 unspecified atom stereocenters. The minimum absolute atomic E-state index is 0.0321. The summed E-state index contributed by atoms with van der Waals surface area (Å²) >= 11 is 3.71. The van der Waals surface area contributed by atoms with Crippen LogP contribution in [0, 0.1) is 0 Å². The van der Waals surface area contributed by atoms with Crippen molar-refractivity contribution in [2.75, 3.05) is 7.11 Å².